The molecule has 1 aliphatic rings. The number of carboxylic acids is 1. The molecule has 0 aliphatic heterocycles. The summed E-state index contributed by atoms with van der Waals surface area (Å²) in [5.74, 6) is -0.982. The fourth-order valence-corrected chi connectivity index (χ4v) is 3.45. The van der Waals surface area contributed by atoms with Crippen molar-refractivity contribution < 1.29 is 14.7 Å². The second-order valence-corrected chi connectivity index (χ2v) is 6.79. The zero-order chi connectivity index (χ0) is 17.7. The third kappa shape index (κ3) is 3.90. The first-order valence-electron chi connectivity index (χ1n) is 8.71. The third-order valence-corrected chi connectivity index (χ3v) is 5.17. The number of carboxylic acid groups (broad SMARTS) is 1. The minimum atomic E-state index is -0.850. The van der Waals surface area contributed by atoms with Crippen LogP contribution in [0.15, 0.2) is 60.7 Å². The molecular formula is C21H23NO3. The quantitative estimate of drug-likeness (QED) is 0.811. The average Bonchev–Trinajstić information content (AvgIpc) is 2.60. The first-order chi connectivity index (χ1) is 12.1. The maximum Gasteiger partial charge on any atom is 0.310 e. The first kappa shape index (κ1) is 17.2. The van der Waals surface area contributed by atoms with Crippen LogP contribution in [0.1, 0.15) is 42.7 Å². The summed E-state index contributed by atoms with van der Waals surface area (Å²) in [5, 5.41) is 12.3. The summed E-state index contributed by atoms with van der Waals surface area (Å²) >= 11 is 0. The Kier molecular flexibility index (Phi) is 5.17. The van der Waals surface area contributed by atoms with Gasteiger partial charge in [-0.3, -0.25) is 9.59 Å². The van der Waals surface area contributed by atoms with Crippen molar-refractivity contribution in [2.24, 2.45) is 5.41 Å². The van der Waals surface area contributed by atoms with Crippen LogP contribution < -0.4 is 5.32 Å². The fraction of sp³-hybridized carbons (Fsp3) is 0.333. The van der Waals surface area contributed by atoms with Gasteiger partial charge in [-0.2, -0.15) is 0 Å². The molecule has 4 nitrogen and oxygen atoms in total. The molecule has 2 aromatic carbocycles. The van der Waals surface area contributed by atoms with Gasteiger partial charge in [0.15, 0.2) is 0 Å². The Morgan fingerprint density at radius 3 is 1.88 bits per heavy atom. The van der Waals surface area contributed by atoms with E-state index in [-0.39, 0.29) is 18.2 Å². The van der Waals surface area contributed by atoms with Crippen molar-refractivity contribution >= 4 is 11.9 Å². The second-order valence-electron chi connectivity index (χ2n) is 6.79. The number of benzene rings is 2. The summed E-state index contributed by atoms with van der Waals surface area (Å²) in [4.78, 5) is 23.8. The van der Waals surface area contributed by atoms with E-state index < -0.39 is 11.4 Å². The van der Waals surface area contributed by atoms with Gasteiger partial charge in [-0.1, -0.05) is 67.1 Å². The van der Waals surface area contributed by atoms with Crippen LogP contribution in [0.25, 0.3) is 0 Å². The lowest BCUT2D eigenvalue weighted by atomic mass is 9.66. The number of carbonyl (C=O) groups is 2. The van der Waals surface area contributed by atoms with Crippen molar-refractivity contribution in [1.29, 1.82) is 0 Å². The number of amides is 1. The summed E-state index contributed by atoms with van der Waals surface area (Å²) in [6, 6.07) is 20.1. The van der Waals surface area contributed by atoms with E-state index in [1.165, 1.54) is 0 Å². The van der Waals surface area contributed by atoms with Crippen LogP contribution in [0.4, 0.5) is 0 Å². The van der Waals surface area contributed by atoms with Crippen molar-refractivity contribution in [2.75, 3.05) is 6.54 Å². The second kappa shape index (κ2) is 7.51. The summed E-state index contributed by atoms with van der Waals surface area (Å²) in [6.45, 7) is 0.461. The highest BCUT2D eigenvalue weighted by molar-refractivity contribution is 5.85. The zero-order valence-corrected chi connectivity index (χ0v) is 14.2. The Hall–Kier alpha value is -2.62. The molecule has 2 aromatic rings. The fourth-order valence-electron chi connectivity index (χ4n) is 3.45. The van der Waals surface area contributed by atoms with E-state index in [1.54, 1.807) is 0 Å². The van der Waals surface area contributed by atoms with E-state index in [4.69, 9.17) is 0 Å². The maximum absolute atomic E-state index is 12.3. The molecule has 1 saturated carbocycles. The molecule has 2 N–H and O–H groups in total. The van der Waals surface area contributed by atoms with E-state index in [9.17, 15) is 14.7 Å². The van der Waals surface area contributed by atoms with Crippen LogP contribution in [-0.4, -0.2) is 23.5 Å². The highest BCUT2D eigenvalue weighted by atomic mass is 16.4. The van der Waals surface area contributed by atoms with Crippen molar-refractivity contribution in [2.45, 2.75) is 31.6 Å². The number of nitrogens with one attached hydrogen (secondary N) is 1. The predicted molar refractivity (Wildman–Crippen MR) is 96.3 cm³/mol. The molecule has 0 unspecified atom stereocenters. The minimum absolute atomic E-state index is 0.0496. The Morgan fingerprint density at radius 2 is 1.48 bits per heavy atom. The molecule has 0 atom stereocenters. The first-order valence-corrected chi connectivity index (χ1v) is 8.71. The zero-order valence-electron chi connectivity index (χ0n) is 14.2. The molecule has 130 valence electrons. The molecule has 0 heterocycles. The number of carbonyl (C=O) groups excluding carboxylic acids is 1. The Labute approximate surface area is 147 Å². The standard InChI is InChI=1S/C21H23NO3/c23-19(14-21(20(24)25)12-7-13-21)22-15-18(16-8-3-1-4-9-16)17-10-5-2-6-11-17/h1-6,8-11,18H,7,12-15H2,(H,22,23)(H,24,25). The van der Waals surface area contributed by atoms with Gasteiger partial charge >= 0.3 is 5.97 Å². The van der Waals surface area contributed by atoms with Gasteiger partial charge in [-0.15, -0.1) is 0 Å². The van der Waals surface area contributed by atoms with Crippen LogP contribution in [0.2, 0.25) is 0 Å². The summed E-state index contributed by atoms with van der Waals surface area (Å²) < 4.78 is 0. The lowest BCUT2D eigenvalue weighted by molar-refractivity contribution is -0.157. The SMILES string of the molecule is O=C(CC1(C(=O)O)CCC1)NCC(c1ccccc1)c1ccccc1. The highest BCUT2D eigenvalue weighted by Crippen LogP contribution is 2.44. The lowest BCUT2D eigenvalue weighted by Gasteiger charge is -2.37. The molecule has 0 aromatic heterocycles. The monoisotopic (exact) mass is 337 g/mol. The van der Waals surface area contributed by atoms with E-state index >= 15 is 0 Å². The summed E-state index contributed by atoms with van der Waals surface area (Å²) in [6.07, 6.45) is 2.14. The van der Waals surface area contributed by atoms with Gasteiger partial charge in [0.05, 0.1) is 5.41 Å². The van der Waals surface area contributed by atoms with Gasteiger partial charge in [0.1, 0.15) is 0 Å². The minimum Gasteiger partial charge on any atom is -0.481 e. The predicted octanol–water partition coefficient (Wildman–Crippen LogP) is 3.58. The van der Waals surface area contributed by atoms with Gasteiger partial charge in [0.25, 0.3) is 0 Å². The topological polar surface area (TPSA) is 66.4 Å². The molecule has 1 aliphatic carbocycles. The van der Waals surface area contributed by atoms with Crippen molar-refractivity contribution in [1.82, 2.24) is 5.32 Å². The lowest BCUT2D eigenvalue weighted by Crippen LogP contribution is -2.43. The number of aliphatic carboxylic acids is 1. The van der Waals surface area contributed by atoms with Gasteiger partial charge < -0.3 is 10.4 Å². The number of rotatable bonds is 7. The van der Waals surface area contributed by atoms with E-state index in [0.29, 0.717) is 19.4 Å². The smallest absolute Gasteiger partial charge is 0.310 e. The Morgan fingerprint density at radius 1 is 0.960 bits per heavy atom. The van der Waals surface area contributed by atoms with Crippen molar-refractivity contribution in [3.05, 3.63) is 71.8 Å². The molecule has 1 amide bonds. The molecule has 4 heteroatoms. The van der Waals surface area contributed by atoms with Crippen LogP contribution in [0.5, 0.6) is 0 Å². The molecule has 0 saturated heterocycles. The van der Waals surface area contributed by atoms with Gasteiger partial charge in [-0.25, -0.2) is 0 Å². The van der Waals surface area contributed by atoms with Crippen LogP contribution in [0, 0.1) is 5.41 Å². The van der Waals surface area contributed by atoms with Crippen LogP contribution in [-0.2, 0) is 9.59 Å². The molecule has 0 spiro atoms. The number of hydrogen-bond acceptors (Lipinski definition) is 2. The van der Waals surface area contributed by atoms with E-state index in [1.807, 2.05) is 36.4 Å². The summed E-state index contributed by atoms with van der Waals surface area (Å²) in [7, 11) is 0. The molecule has 25 heavy (non-hydrogen) atoms. The molecule has 0 bridgehead atoms. The van der Waals surface area contributed by atoms with Gasteiger partial charge in [0, 0.05) is 18.9 Å². The molecule has 1 fully saturated rings. The van der Waals surface area contributed by atoms with Crippen LogP contribution in [0.3, 0.4) is 0 Å². The molecular weight excluding hydrogens is 314 g/mol. The largest absolute Gasteiger partial charge is 0.481 e. The Balaban J connectivity index is 1.69. The van der Waals surface area contributed by atoms with E-state index in [2.05, 4.69) is 29.6 Å². The average molecular weight is 337 g/mol. The van der Waals surface area contributed by atoms with Crippen molar-refractivity contribution in [3.63, 3.8) is 0 Å². The van der Waals surface area contributed by atoms with Crippen LogP contribution >= 0.6 is 0 Å². The van der Waals surface area contributed by atoms with Crippen molar-refractivity contribution in [3.8, 4) is 0 Å². The third-order valence-electron chi connectivity index (χ3n) is 5.17. The molecule has 0 radical (unpaired) electrons. The maximum atomic E-state index is 12.3. The van der Waals surface area contributed by atoms with Gasteiger partial charge in [0.2, 0.25) is 5.91 Å². The highest BCUT2D eigenvalue weighted by Gasteiger charge is 2.45. The molecule has 3 rings (SSSR count). The summed E-state index contributed by atoms with van der Waals surface area (Å²) in [5.41, 5.74) is 1.41. The van der Waals surface area contributed by atoms with Gasteiger partial charge in [-0.05, 0) is 24.0 Å². The Bertz CT molecular complexity index is 684. The van der Waals surface area contributed by atoms with E-state index in [0.717, 1.165) is 17.5 Å². The number of hydrogen-bond donors (Lipinski definition) is 2. The normalized spacial score (nSPS) is 15.4.